The Hall–Kier alpha value is -0.580. The van der Waals surface area contributed by atoms with Crippen LogP contribution >= 0.6 is 31.8 Å². The Morgan fingerprint density at radius 2 is 1.89 bits per heavy atom. The molecule has 0 bridgehead atoms. The lowest BCUT2D eigenvalue weighted by Gasteiger charge is -2.14. The highest BCUT2D eigenvalue weighted by atomic mass is 127. The molecule has 0 aliphatic rings. The monoisotopic (exact) mass is 392 g/mol. The van der Waals surface area contributed by atoms with Crippen molar-refractivity contribution in [2.24, 2.45) is 0 Å². The summed E-state index contributed by atoms with van der Waals surface area (Å²) in [6, 6.07) is 9.01. The van der Waals surface area contributed by atoms with Crippen LogP contribution < -0.4 is 5.30 Å². The fourth-order valence-corrected chi connectivity index (χ4v) is 2.67. The largest absolute Gasteiger partial charge is 0.388 e. The van der Waals surface area contributed by atoms with E-state index in [1.807, 2.05) is 22.6 Å². The standard InChI is InChI=1S/C14H12F2IOP/c15-9-2-1-8(14(19)6-9)5-13(18)11-4-3-10(17)7-12(11)16/h1-4,6-7,13,18H,5,19H2. The van der Waals surface area contributed by atoms with Crippen LogP contribution in [0.2, 0.25) is 0 Å². The molecule has 0 saturated heterocycles. The van der Waals surface area contributed by atoms with Crippen LogP contribution in [-0.4, -0.2) is 5.11 Å². The molecule has 0 heterocycles. The molecule has 0 aliphatic heterocycles. The lowest BCUT2D eigenvalue weighted by Crippen LogP contribution is -2.10. The van der Waals surface area contributed by atoms with Crippen molar-refractivity contribution < 1.29 is 13.9 Å². The van der Waals surface area contributed by atoms with Gasteiger partial charge in [-0.3, -0.25) is 0 Å². The summed E-state index contributed by atoms with van der Waals surface area (Å²) >= 11 is 2.01. The second-order valence-electron chi connectivity index (χ2n) is 4.23. The Labute approximate surface area is 126 Å². The van der Waals surface area contributed by atoms with Crippen LogP contribution in [0, 0.1) is 15.2 Å². The van der Waals surface area contributed by atoms with Gasteiger partial charge in [0.25, 0.3) is 0 Å². The molecule has 2 aromatic rings. The molecule has 1 nitrogen and oxygen atoms in total. The summed E-state index contributed by atoms with van der Waals surface area (Å²) < 4.78 is 27.5. The number of benzene rings is 2. The smallest absolute Gasteiger partial charge is 0.130 e. The van der Waals surface area contributed by atoms with Gasteiger partial charge < -0.3 is 5.11 Å². The van der Waals surface area contributed by atoms with Crippen molar-refractivity contribution in [3.05, 3.63) is 62.7 Å². The number of rotatable bonds is 3. The third kappa shape index (κ3) is 3.71. The maximum absolute atomic E-state index is 13.7. The van der Waals surface area contributed by atoms with Gasteiger partial charge in [-0.15, -0.1) is 9.24 Å². The van der Waals surface area contributed by atoms with Gasteiger partial charge in [0.2, 0.25) is 0 Å². The number of hydrogen-bond acceptors (Lipinski definition) is 1. The molecule has 0 amide bonds. The number of hydrogen-bond donors (Lipinski definition) is 1. The second kappa shape index (κ2) is 6.25. The molecular weight excluding hydrogens is 380 g/mol. The summed E-state index contributed by atoms with van der Waals surface area (Å²) in [4.78, 5) is 0. The fourth-order valence-electron chi connectivity index (χ4n) is 1.84. The summed E-state index contributed by atoms with van der Waals surface area (Å²) in [6.45, 7) is 0. The van der Waals surface area contributed by atoms with Gasteiger partial charge in [-0.2, -0.15) is 0 Å². The van der Waals surface area contributed by atoms with E-state index in [0.29, 0.717) is 5.30 Å². The minimum absolute atomic E-state index is 0.247. The zero-order chi connectivity index (χ0) is 14.0. The van der Waals surface area contributed by atoms with Crippen LogP contribution in [-0.2, 0) is 6.42 Å². The minimum atomic E-state index is -0.943. The van der Waals surface area contributed by atoms with Crippen molar-refractivity contribution in [1.82, 2.24) is 0 Å². The molecule has 0 radical (unpaired) electrons. The van der Waals surface area contributed by atoms with Gasteiger partial charge >= 0.3 is 0 Å². The van der Waals surface area contributed by atoms with Crippen LogP contribution in [0.3, 0.4) is 0 Å². The van der Waals surface area contributed by atoms with E-state index in [1.165, 1.54) is 18.2 Å². The summed E-state index contributed by atoms with van der Waals surface area (Å²) in [5.41, 5.74) is 1.03. The SMILES string of the molecule is OC(Cc1ccc(F)cc1P)c1ccc(I)cc1F. The average Bonchev–Trinajstić information content (AvgIpc) is 2.32. The van der Waals surface area contributed by atoms with E-state index in [1.54, 1.807) is 18.2 Å². The van der Waals surface area contributed by atoms with Gasteiger partial charge in [0.15, 0.2) is 0 Å². The third-order valence-corrected chi connectivity index (χ3v) is 4.05. The Morgan fingerprint density at radius 3 is 2.53 bits per heavy atom. The molecule has 1 N–H and O–H groups in total. The quantitative estimate of drug-likeness (QED) is 0.628. The molecular formula is C14H12F2IOP. The molecule has 0 fully saturated rings. The molecule has 0 aliphatic carbocycles. The van der Waals surface area contributed by atoms with Gasteiger partial charge in [0, 0.05) is 15.6 Å². The average molecular weight is 392 g/mol. The molecule has 2 atom stereocenters. The van der Waals surface area contributed by atoms with Gasteiger partial charge in [0.1, 0.15) is 11.6 Å². The predicted molar refractivity (Wildman–Crippen MR) is 83.5 cm³/mol. The van der Waals surface area contributed by atoms with Crippen LogP contribution in [0.25, 0.3) is 0 Å². The number of halogens is 3. The summed E-state index contributed by atoms with van der Waals surface area (Å²) in [5.74, 6) is -0.754. The number of aliphatic hydroxyl groups is 1. The Bertz CT molecular complexity index is 604. The van der Waals surface area contributed by atoms with Crippen molar-refractivity contribution in [1.29, 1.82) is 0 Å². The molecule has 19 heavy (non-hydrogen) atoms. The zero-order valence-corrected chi connectivity index (χ0v) is 13.2. The summed E-state index contributed by atoms with van der Waals surface area (Å²) in [6.07, 6.45) is -0.696. The van der Waals surface area contributed by atoms with E-state index < -0.39 is 11.9 Å². The summed E-state index contributed by atoms with van der Waals surface area (Å²) in [5, 5.41) is 10.8. The van der Waals surface area contributed by atoms with E-state index in [4.69, 9.17) is 0 Å². The van der Waals surface area contributed by atoms with Gasteiger partial charge in [-0.1, -0.05) is 12.1 Å². The van der Waals surface area contributed by atoms with Crippen molar-refractivity contribution in [3.63, 3.8) is 0 Å². The Morgan fingerprint density at radius 1 is 1.16 bits per heavy atom. The molecule has 5 heteroatoms. The third-order valence-electron chi connectivity index (χ3n) is 2.84. The first-order valence-corrected chi connectivity index (χ1v) is 7.30. The first kappa shape index (κ1) is 14.8. The fraction of sp³-hybridized carbons (Fsp3) is 0.143. The first-order valence-electron chi connectivity index (χ1n) is 5.64. The van der Waals surface area contributed by atoms with Gasteiger partial charge in [0.05, 0.1) is 6.10 Å². The van der Waals surface area contributed by atoms with Crippen molar-refractivity contribution >= 4 is 37.1 Å². The van der Waals surface area contributed by atoms with Crippen molar-refractivity contribution in [2.45, 2.75) is 12.5 Å². The Balaban J connectivity index is 2.23. The zero-order valence-electron chi connectivity index (χ0n) is 9.91. The molecule has 0 saturated carbocycles. The molecule has 2 aromatic carbocycles. The highest BCUT2D eigenvalue weighted by Crippen LogP contribution is 2.23. The lowest BCUT2D eigenvalue weighted by atomic mass is 10.0. The van der Waals surface area contributed by atoms with E-state index in [-0.39, 0.29) is 17.8 Å². The normalized spacial score (nSPS) is 12.5. The van der Waals surface area contributed by atoms with Gasteiger partial charge in [-0.25, -0.2) is 8.78 Å². The lowest BCUT2D eigenvalue weighted by molar-refractivity contribution is 0.174. The summed E-state index contributed by atoms with van der Waals surface area (Å²) in [7, 11) is 2.42. The molecule has 100 valence electrons. The van der Waals surface area contributed by atoms with Crippen LogP contribution in [0.4, 0.5) is 8.78 Å². The van der Waals surface area contributed by atoms with E-state index in [2.05, 4.69) is 9.24 Å². The Kier molecular flexibility index (Phi) is 4.87. The van der Waals surface area contributed by atoms with Crippen LogP contribution in [0.1, 0.15) is 17.2 Å². The second-order valence-corrected chi connectivity index (χ2v) is 6.10. The maximum atomic E-state index is 13.7. The van der Waals surface area contributed by atoms with Crippen LogP contribution in [0.15, 0.2) is 36.4 Å². The molecule has 0 spiro atoms. The predicted octanol–water partition coefficient (Wildman–Crippen LogP) is 3.35. The number of aliphatic hydroxyl groups excluding tert-OH is 1. The molecule has 2 rings (SSSR count). The van der Waals surface area contributed by atoms with E-state index in [9.17, 15) is 13.9 Å². The molecule has 0 aromatic heterocycles. The maximum Gasteiger partial charge on any atom is 0.130 e. The first-order chi connectivity index (χ1) is 8.97. The van der Waals surface area contributed by atoms with E-state index in [0.717, 1.165) is 9.13 Å². The van der Waals surface area contributed by atoms with Crippen molar-refractivity contribution in [3.8, 4) is 0 Å². The highest BCUT2D eigenvalue weighted by molar-refractivity contribution is 14.1. The molecule has 2 unspecified atom stereocenters. The van der Waals surface area contributed by atoms with Crippen LogP contribution in [0.5, 0.6) is 0 Å². The van der Waals surface area contributed by atoms with Gasteiger partial charge in [-0.05, 0) is 57.7 Å². The topological polar surface area (TPSA) is 20.2 Å². The highest BCUT2D eigenvalue weighted by Gasteiger charge is 2.15. The van der Waals surface area contributed by atoms with E-state index >= 15 is 0 Å². The van der Waals surface area contributed by atoms with Crippen molar-refractivity contribution in [2.75, 3.05) is 0 Å². The minimum Gasteiger partial charge on any atom is -0.388 e.